The van der Waals surface area contributed by atoms with E-state index in [0.717, 1.165) is 0 Å². The molecule has 0 N–H and O–H groups in total. The van der Waals surface area contributed by atoms with Gasteiger partial charge in [-0.2, -0.15) is 0 Å². The van der Waals surface area contributed by atoms with Crippen LogP contribution >= 0.6 is 11.6 Å². The molecule has 5 heteroatoms. The molecule has 0 amide bonds. The van der Waals surface area contributed by atoms with Gasteiger partial charge < -0.3 is 0 Å². The molecule has 2 heterocycles. The minimum absolute atomic E-state index is 0.235. The summed E-state index contributed by atoms with van der Waals surface area (Å²) in [5.74, 6) is 1.35. The Morgan fingerprint density at radius 3 is 3.09 bits per heavy atom. The third kappa shape index (κ3) is 0.991. The fraction of sp³-hybridized carbons (Fsp3) is 0.333. The predicted molar refractivity (Wildman–Crippen MR) is 46.1 cm³/mol. The van der Waals surface area contributed by atoms with Gasteiger partial charge in [0, 0.05) is 0 Å². The van der Waals surface area contributed by atoms with Gasteiger partial charge in [-0.3, -0.25) is 4.99 Å². The number of hydrogen-bond acceptors (Lipinski definition) is 4. The van der Waals surface area contributed by atoms with Crippen LogP contribution in [-0.2, 0) is 0 Å². The van der Waals surface area contributed by atoms with Crippen LogP contribution in [0.3, 0.4) is 0 Å². The van der Waals surface area contributed by atoms with Crippen molar-refractivity contribution in [1.29, 1.82) is 0 Å². The number of halogens is 1. The number of amidine groups is 2. The quantitative estimate of drug-likeness (QED) is 0.515. The number of aliphatic imine (C=N–C) groups is 4. The minimum atomic E-state index is -0.235. The molecule has 56 valence electrons. The second-order valence-electron chi connectivity index (χ2n) is 2.25. The molecule has 0 aromatic rings. The molecular weight excluding hydrogens is 164 g/mol. The van der Waals surface area contributed by atoms with E-state index in [1.54, 1.807) is 0 Å². The maximum absolute atomic E-state index is 5.75. The van der Waals surface area contributed by atoms with Crippen LogP contribution in [0, 0.1) is 0 Å². The highest BCUT2D eigenvalue weighted by Gasteiger charge is 2.26. The lowest BCUT2D eigenvalue weighted by atomic mass is 10.3. The van der Waals surface area contributed by atoms with Gasteiger partial charge in [0.05, 0.1) is 0 Å². The van der Waals surface area contributed by atoms with Crippen molar-refractivity contribution in [2.45, 2.75) is 13.0 Å². The minimum Gasteiger partial charge on any atom is -0.252 e. The highest BCUT2D eigenvalue weighted by Crippen LogP contribution is 2.13. The van der Waals surface area contributed by atoms with Crippen LogP contribution in [0.2, 0.25) is 0 Å². The second kappa shape index (κ2) is 2.23. The Hall–Kier alpha value is -1.03. The molecule has 0 saturated carbocycles. The van der Waals surface area contributed by atoms with E-state index in [2.05, 4.69) is 20.0 Å². The molecule has 0 saturated heterocycles. The molecule has 2 aliphatic heterocycles. The zero-order valence-electron chi connectivity index (χ0n) is 5.82. The van der Waals surface area contributed by atoms with Gasteiger partial charge in [0.25, 0.3) is 0 Å². The van der Waals surface area contributed by atoms with Crippen LogP contribution < -0.4 is 0 Å². The third-order valence-corrected chi connectivity index (χ3v) is 1.74. The first-order valence-electron chi connectivity index (χ1n) is 3.16. The number of hydrogen-bond donors (Lipinski definition) is 0. The smallest absolute Gasteiger partial charge is 0.164 e. The van der Waals surface area contributed by atoms with Crippen LogP contribution in [0.1, 0.15) is 6.92 Å². The Bertz CT molecular complexity index is 313. The van der Waals surface area contributed by atoms with Gasteiger partial charge in [-0.25, -0.2) is 15.0 Å². The van der Waals surface area contributed by atoms with Crippen LogP contribution in [0.25, 0.3) is 0 Å². The van der Waals surface area contributed by atoms with E-state index in [9.17, 15) is 0 Å². The first-order chi connectivity index (χ1) is 5.27. The van der Waals surface area contributed by atoms with Crippen molar-refractivity contribution in [1.82, 2.24) is 0 Å². The molecule has 0 radical (unpaired) electrons. The van der Waals surface area contributed by atoms with Gasteiger partial charge in [0.2, 0.25) is 0 Å². The zero-order chi connectivity index (χ0) is 7.84. The Morgan fingerprint density at radius 2 is 2.36 bits per heavy atom. The summed E-state index contributed by atoms with van der Waals surface area (Å²) in [6.07, 6.45) is 1.39. The van der Waals surface area contributed by atoms with Crippen LogP contribution in [0.5, 0.6) is 0 Å². The molecule has 0 aliphatic carbocycles. The molecule has 0 aromatic heterocycles. The molecule has 0 aromatic carbocycles. The molecule has 4 nitrogen and oxygen atoms in total. The first kappa shape index (κ1) is 6.67. The Balaban J connectivity index is 2.44. The number of fused-ring (bicyclic) bond motifs is 1. The lowest BCUT2D eigenvalue weighted by molar-refractivity contribution is 1.15. The van der Waals surface area contributed by atoms with Gasteiger partial charge in [-0.05, 0) is 6.92 Å². The number of rotatable bonds is 0. The molecule has 2 aliphatic rings. The SMILES string of the molecule is CC1=NC2C(Cl)=NC=NC2=N1. The lowest BCUT2D eigenvalue weighted by Gasteiger charge is -2.06. The maximum atomic E-state index is 5.75. The summed E-state index contributed by atoms with van der Waals surface area (Å²) in [6, 6.07) is -0.235. The van der Waals surface area contributed by atoms with E-state index in [1.165, 1.54) is 6.34 Å². The van der Waals surface area contributed by atoms with Crippen molar-refractivity contribution in [3.63, 3.8) is 0 Å². The van der Waals surface area contributed by atoms with Gasteiger partial charge in [0.1, 0.15) is 17.3 Å². The summed E-state index contributed by atoms with van der Waals surface area (Å²) in [5.41, 5.74) is 0. The lowest BCUT2D eigenvalue weighted by Crippen LogP contribution is -2.23. The van der Waals surface area contributed by atoms with E-state index in [4.69, 9.17) is 11.6 Å². The average molecular weight is 169 g/mol. The van der Waals surface area contributed by atoms with E-state index >= 15 is 0 Å². The molecule has 1 atom stereocenters. The largest absolute Gasteiger partial charge is 0.252 e. The Labute approximate surface area is 68.4 Å². The summed E-state index contributed by atoms with van der Waals surface area (Å²) in [7, 11) is 0. The highest BCUT2D eigenvalue weighted by molar-refractivity contribution is 6.70. The fourth-order valence-corrected chi connectivity index (χ4v) is 1.16. The molecular formula is C6H5ClN4. The van der Waals surface area contributed by atoms with Crippen molar-refractivity contribution in [2.24, 2.45) is 20.0 Å². The van der Waals surface area contributed by atoms with E-state index in [1.807, 2.05) is 6.92 Å². The normalized spacial score (nSPS) is 27.5. The summed E-state index contributed by atoms with van der Waals surface area (Å²) < 4.78 is 0. The van der Waals surface area contributed by atoms with Crippen molar-refractivity contribution in [3.8, 4) is 0 Å². The zero-order valence-corrected chi connectivity index (χ0v) is 6.58. The van der Waals surface area contributed by atoms with Gasteiger partial charge in [0.15, 0.2) is 11.9 Å². The van der Waals surface area contributed by atoms with Gasteiger partial charge in [-0.1, -0.05) is 11.6 Å². The van der Waals surface area contributed by atoms with Gasteiger partial charge >= 0.3 is 0 Å². The second-order valence-corrected chi connectivity index (χ2v) is 2.63. The predicted octanol–water partition coefficient (Wildman–Crippen LogP) is 0.865. The third-order valence-electron chi connectivity index (χ3n) is 1.43. The molecule has 11 heavy (non-hydrogen) atoms. The van der Waals surface area contributed by atoms with Crippen molar-refractivity contribution >= 4 is 34.8 Å². The molecule has 0 fully saturated rings. The first-order valence-corrected chi connectivity index (χ1v) is 3.54. The monoisotopic (exact) mass is 168 g/mol. The summed E-state index contributed by atoms with van der Waals surface area (Å²) in [6.45, 7) is 1.81. The fourth-order valence-electron chi connectivity index (χ4n) is 0.973. The molecule has 2 rings (SSSR count). The van der Waals surface area contributed by atoms with Crippen molar-refractivity contribution < 1.29 is 0 Å². The van der Waals surface area contributed by atoms with Crippen LogP contribution in [0.4, 0.5) is 0 Å². The Morgan fingerprint density at radius 1 is 1.55 bits per heavy atom. The standard InChI is InChI=1S/C6H5ClN4/c1-3-10-4-5(7)8-2-9-6(4)11-3/h2,4H,1H3. The number of nitrogens with zero attached hydrogens (tertiary/aromatic N) is 4. The maximum Gasteiger partial charge on any atom is 0.164 e. The topological polar surface area (TPSA) is 49.4 Å². The van der Waals surface area contributed by atoms with E-state index in [-0.39, 0.29) is 6.04 Å². The van der Waals surface area contributed by atoms with E-state index in [0.29, 0.717) is 16.8 Å². The van der Waals surface area contributed by atoms with Crippen LogP contribution in [-0.4, -0.2) is 29.2 Å². The molecule has 0 spiro atoms. The van der Waals surface area contributed by atoms with Crippen molar-refractivity contribution in [3.05, 3.63) is 0 Å². The van der Waals surface area contributed by atoms with Crippen molar-refractivity contribution in [2.75, 3.05) is 0 Å². The van der Waals surface area contributed by atoms with Gasteiger partial charge in [-0.15, -0.1) is 0 Å². The molecule has 1 unspecified atom stereocenters. The summed E-state index contributed by atoms with van der Waals surface area (Å²) in [4.78, 5) is 15.9. The molecule has 0 bridgehead atoms. The summed E-state index contributed by atoms with van der Waals surface area (Å²) >= 11 is 5.75. The van der Waals surface area contributed by atoms with E-state index < -0.39 is 0 Å². The summed E-state index contributed by atoms with van der Waals surface area (Å²) in [5, 5.41) is 0.440. The highest BCUT2D eigenvalue weighted by atomic mass is 35.5. The Kier molecular flexibility index (Phi) is 1.35. The average Bonchev–Trinajstić information content (AvgIpc) is 2.31. The van der Waals surface area contributed by atoms with Crippen LogP contribution in [0.15, 0.2) is 20.0 Å².